The lowest BCUT2D eigenvalue weighted by Crippen LogP contribution is -2.06. The summed E-state index contributed by atoms with van der Waals surface area (Å²) in [5, 5.41) is 8.90. The highest BCUT2D eigenvalue weighted by Gasteiger charge is 2.27. The summed E-state index contributed by atoms with van der Waals surface area (Å²) in [6.07, 6.45) is 3.14. The van der Waals surface area contributed by atoms with Gasteiger partial charge in [-0.15, -0.1) is 0 Å². The summed E-state index contributed by atoms with van der Waals surface area (Å²) >= 11 is 0. The molecule has 2 rings (SSSR count). The minimum Gasteiger partial charge on any atom is -0.396 e. The van der Waals surface area contributed by atoms with Crippen molar-refractivity contribution < 1.29 is 5.11 Å². The summed E-state index contributed by atoms with van der Waals surface area (Å²) in [6, 6.07) is 0. The molecule has 0 amide bonds. The van der Waals surface area contributed by atoms with Crippen molar-refractivity contribution in [2.24, 2.45) is 0 Å². The van der Waals surface area contributed by atoms with Gasteiger partial charge in [0.15, 0.2) is 0 Å². The smallest absolute Gasteiger partial charge is 0.131 e. The Bertz CT molecular complexity index is 322. The number of hydrogen-bond donors (Lipinski definition) is 1. The molecule has 0 unspecified atom stereocenters. The second kappa shape index (κ2) is 3.65. The van der Waals surface area contributed by atoms with Gasteiger partial charge in [-0.05, 0) is 38.7 Å². The second-order valence-corrected chi connectivity index (χ2v) is 3.98. The van der Waals surface area contributed by atoms with Crippen molar-refractivity contribution in [1.29, 1.82) is 0 Å². The highest BCUT2D eigenvalue weighted by molar-refractivity contribution is 5.26. The Morgan fingerprint density at radius 1 is 1.21 bits per heavy atom. The van der Waals surface area contributed by atoms with E-state index in [9.17, 15) is 0 Å². The Hall–Kier alpha value is -0.960. The maximum Gasteiger partial charge on any atom is 0.131 e. The fourth-order valence-electron chi connectivity index (χ4n) is 1.76. The van der Waals surface area contributed by atoms with Gasteiger partial charge in [0.05, 0.1) is 0 Å². The first-order chi connectivity index (χ1) is 6.72. The van der Waals surface area contributed by atoms with E-state index in [0.717, 1.165) is 22.8 Å². The third-order valence-electron chi connectivity index (χ3n) is 2.74. The lowest BCUT2D eigenvalue weighted by Gasteiger charge is -2.08. The SMILES string of the molecule is Cc1nc(C2CC2)nc(C)c1CCO. The Balaban J connectivity index is 2.33. The number of aliphatic hydroxyl groups is 1. The monoisotopic (exact) mass is 192 g/mol. The van der Waals surface area contributed by atoms with Crippen molar-refractivity contribution in [3.05, 3.63) is 22.8 Å². The van der Waals surface area contributed by atoms with E-state index in [2.05, 4.69) is 9.97 Å². The highest BCUT2D eigenvalue weighted by atomic mass is 16.2. The predicted molar refractivity (Wildman–Crippen MR) is 54.3 cm³/mol. The minimum absolute atomic E-state index is 0.174. The molecule has 0 aliphatic heterocycles. The van der Waals surface area contributed by atoms with Gasteiger partial charge >= 0.3 is 0 Å². The molecule has 1 N–H and O–H groups in total. The molecule has 0 atom stereocenters. The summed E-state index contributed by atoms with van der Waals surface area (Å²) in [6.45, 7) is 4.19. The summed E-state index contributed by atoms with van der Waals surface area (Å²) in [5.74, 6) is 1.61. The first-order valence-corrected chi connectivity index (χ1v) is 5.17. The Kier molecular flexibility index (Phi) is 2.50. The number of nitrogens with zero attached hydrogens (tertiary/aromatic N) is 2. The van der Waals surface area contributed by atoms with Gasteiger partial charge in [-0.2, -0.15) is 0 Å². The molecular formula is C11H16N2O. The van der Waals surface area contributed by atoms with E-state index in [4.69, 9.17) is 5.11 Å². The number of rotatable bonds is 3. The maximum absolute atomic E-state index is 8.90. The van der Waals surface area contributed by atoms with Crippen LogP contribution in [0.2, 0.25) is 0 Å². The fraction of sp³-hybridized carbons (Fsp3) is 0.636. The average Bonchev–Trinajstić information content (AvgIpc) is 2.93. The van der Waals surface area contributed by atoms with Gasteiger partial charge in [-0.25, -0.2) is 9.97 Å². The molecule has 0 bridgehead atoms. The van der Waals surface area contributed by atoms with Crippen LogP contribution in [-0.2, 0) is 6.42 Å². The average molecular weight is 192 g/mol. The predicted octanol–water partition coefficient (Wildman–Crippen LogP) is 1.51. The molecule has 1 aromatic heterocycles. The number of aromatic nitrogens is 2. The van der Waals surface area contributed by atoms with Gasteiger partial charge in [0.1, 0.15) is 5.82 Å². The van der Waals surface area contributed by atoms with Crippen molar-refractivity contribution in [3.63, 3.8) is 0 Å². The summed E-state index contributed by atoms with van der Waals surface area (Å²) in [4.78, 5) is 8.98. The van der Waals surface area contributed by atoms with Crippen molar-refractivity contribution in [1.82, 2.24) is 9.97 Å². The van der Waals surface area contributed by atoms with Crippen LogP contribution in [0, 0.1) is 13.8 Å². The van der Waals surface area contributed by atoms with Crippen molar-refractivity contribution in [2.75, 3.05) is 6.61 Å². The molecule has 1 saturated carbocycles. The zero-order chi connectivity index (χ0) is 10.1. The molecule has 1 fully saturated rings. The van der Waals surface area contributed by atoms with Crippen molar-refractivity contribution >= 4 is 0 Å². The third-order valence-corrected chi connectivity index (χ3v) is 2.74. The van der Waals surface area contributed by atoms with Gasteiger partial charge in [-0.1, -0.05) is 0 Å². The number of aryl methyl sites for hydroxylation is 2. The van der Waals surface area contributed by atoms with E-state index in [1.807, 2.05) is 13.8 Å². The van der Waals surface area contributed by atoms with Crippen LogP contribution in [0.1, 0.15) is 41.5 Å². The van der Waals surface area contributed by atoms with E-state index in [0.29, 0.717) is 12.3 Å². The van der Waals surface area contributed by atoms with Crippen LogP contribution >= 0.6 is 0 Å². The molecule has 0 radical (unpaired) electrons. The second-order valence-electron chi connectivity index (χ2n) is 3.98. The normalized spacial score (nSPS) is 15.9. The first kappa shape index (κ1) is 9.59. The van der Waals surface area contributed by atoms with E-state index in [1.54, 1.807) is 0 Å². The number of hydrogen-bond acceptors (Lipinski definition) is 3. The molecule has 14 heavy (non-hydrogen) atoms. The standard InChI is InChI=1S/C11H16N2O/c1-7-10(5-6-14)8(2)13-11(12-7)9-3-4-9/h9,14H,3-6H2,1-2H3. The van der Waals surface area contributed by atoms with Crippen molar-refractivity contribution in [3.8, 4) is 0 Å². The van der Waals surface area contributed by atoms with Gasteiger partial charge < -0.3 is 5.11 Å². The van der Waals surface area contributed by atoms with E-state index < -0.39 is 0 Å². The molecule has 76 valence electrons. The molecule has 1 aromatic rings. The highest BCUT2D eigenvalue weighted by Crippen LogP contribution is 2.38. The van der Waals surface area contributed by atoms with Crippen LogP contribution < -0.4 is 0 Å². The van der Waals surface area contributed by atoms with Gasteiger partial charge in [-0.3, -0.25) is 0 Å². The molecular weight excluding hydrogens is 176 g/mol. The van der Waals surface area contributed by atoms with Crippen molar-refractivity contribution in [2.45, 2.75) is 39.0 Å². The largest absolute Gasteiger partial charge is 0.396 e. The van der Waals surface area contributed by atoms with Crippen LogP contribution in [0.25, 0.3) is 0 Å². The lowest BCUT2D eigenvalue weighted by atomic mass is 10.1. The summed E-state index contributed by atoms with van der Waals surface area (Å²) < 4.78 is 0. The molecule has 1 aliphatic carbocycles. The van der Waals surface area contributed by atoms with Crippen LogP contribution in [0.15, 0.2) is 0 Å². The quantitative estimate of drug-likeness (QED) is 0.789. The Labute approximate surface area is 84.2 Å². The number of aliphatic hydroxyl groups excluding tert-OH is 1. The van der Waals surface area contributed by atoms with Gasteiger partial charge in [0.25, 0.3) is 0 Å². The molecule has 0 spiro atoms. The van der Waals surface area contributed by atoms with E-state index in [1.165, 1.54) is 12.8 Å². The van der Waals surface area contributed by atoms with Crippen LogP contribution in [0.5, 0.6) is 0 Å². The first-order valence-electron chi connectivity index (χ1n) is 5.17. The summed E-state index contributed by atoms with van der Waals surface area (Å²) in [5.41, 5.74) is 3.18. The summed E-state index contributed by atoms with van der Waals surface area (Å²) in [7, 11) is 0. The van der Waals surface area contributed by atoms with E-state index in [-0.39, 0.29) is 6.61 Å². The minimum atomic E-state index is 0.174. The zero-order valence-corrected chi connectivity index (χ0v) is 8.75. The van der Waals surface area contributed by atoms with Gasteiger partial charge in [0.2, 0.25) is 0 Å². The molecule has 0 aromatic carbocycles. The van der Waals surface area contributed by atoms with Crippen LogP contribution in [-0.4, -0.2) is 21.7 Å². The molecule has 3 heteroatoms. The maximum atomic E-state index is 8.90. The lowest BCUT2D eigenvalue weighted by molar-refractivity contribution is 0.298. The van der Waals surface area contributed by atoms with Gasteiger partial charge in [0, 0.05) is 23.9 Å². The fourth-order valence-corrected chi connectivity index (χ4v) is 1.76. The zero-order valence-electron chi connectivity index (χ0n) is 8.75. The van der Waals surface area contributed by atoms with Crippen LogP contribution in [0.3, 0.4) is 0 Å². The Morgan fingerprint density at radius 3 is 2.21 bits per heavy atom. The third kappa shape index (κ3) is 1.77. The molecule has 1 heterocycles. The molecule has 3 nitrogen and oxygen atoms in total. The Morgan fingerprint density at radius 2 is 1.79 bits per heavy atom. The van der Waals surface area contributed by atoms with E-state index >= 15 is 0 Å². The molecule has 0 saturated heterocycles. The van der Waals surface area contributed by atoms with Crippen LogP contribution in [0.4, 0.5) is 0 Å². The molecule has 1 aliphatic rings. The topological polar surface area (TPSA) is 46.0 Å².